The second-order valence-electron chi connectivity index (χ2n) is 9.14. The molecule has 0 aliphatic carbocycles. The average Bonchev–Trinajstić information content (AvgIpc) is 3.19. The molecule has 2 atom stereocenters. The molecule has 32 heavy (non-hydrogen) atoms. The van der Waals surface area contributed by atoms with E-state index in [9.17, 15) is 14.4 Å². The van der Waals surface area contributed by atoms with Gasteiger partial charge in [0.05, 0.1) is 20.6 Å². The van der Waals surface area contributed by atoms with Gasteiger partial charge in [-0.15, -0.1) is 0 Å². The van der Waals surface area contributed by atoms with E-state index in [0.717, 1.165) is 5.56 Å². The van der Waals surface area contributed by atoms with Gasteiger partial charge < -0.3 is 20.7 Å². The van der Waals surface area contributed by atoms with Crippen LogP contribution in [0.4, 0.5) is 5.69 Å². The van der Waals surface area contributed by atoms with Crippen molar-refractivity contribution in [1.82, 2.24) is 10.6 Å². The van der Waals surface area contributed by atoms with Gasteiger partial charge in [0.1, 0.15) is 6.04 Å². The van der Waals surface area contributed by atoms with E-state index in [1.54, 1.807) is 7.11 Å². The van der Waals surface area contributed by atoms with Gasteiger partial charge in [0.15, 0.2) is 0 Å². The monoisotopic (exact) mass is 453 g/mol. The minimum absolute atomic E-state index is 0.130. The van der Waals surface area contributed by atoms with Gasteiger partial charge in [0.25, 0.3) is 5.91 Å². The molecule has 2 aromatic carbocycles. The van der Waals surface area contributed by atoms with Crippen molar-refractivity contribution in [2.24, 2.45) is 5.92 Å². The van der Waals surface area contributed by atoms with Gasteiger partial charge in [-0.05, 0) is 23.3 Å². The number of rotatable bonds is 8. The Balaban J connectivity index is 1.79. The largest absolute Gasteiger partial charge is 0.380 e. The van der Waals surface area contributed by atoms with Crippen molar-refractivity contribution in [3.05, 3.63) is 59.7 Å². The van der Waals surface area contributed by atoms with Gasteiger partial charge >= 0.3 is 0 Å². The zero-order chi connectivity index (χ0) is 23.3. The fourth-order valence-corrected chi connectivity index (χ4v) is 4.76. The Labute approximate surface area is 189 Å². The second-order valence-corrected chi connectivity index (χ2v) is 14.2. The standard InChI is InChI=1S/C24H31N3O4Si/c1-31-15-16-5-7-17(8-6-16)22(27-23(29)18-13-21(28)25-14-18)24(30)26-19-9-11-20(12-10-19)32(2,3)4/h5-12,18,22H,13-15H2,1-4H3,(H,25,28)(H,26,30)(H,27,29). The first kappa shape index (κ1) is 23.7. The number of methoxy groups -OCH3 is 1. The zero-order valence-electron chi connectivity index (χ0n) is 19.0. The normalized spacial score (nSPS) is 16.9. The van der Waals surface area contributed by atoms with Crippen LogP contribution in [0, 0.1) is 5.92 Å². The highest BCUT2D eigenvalue weighted by molar-refractivity contribution is 6.88. The third kappa shape index (κ3) is 6.05. The number of nitrogens with one attached hydrogen (secondary N) is 3. The fourth-order valence-electron chi connectivity index (χ4n) is 3.59. The number of carbonyl (C=O) groups excluding carboxylic acids is 3. The van der Waals surface area contributed by atoms with Crippen molar-refractivity contribution < 1.29 is 19.1 Å². The molecule has 170 valence electrons. The average molecular weight is 454 g/mol. The highest BCUT2D eigenvalue weighted by Crippen LogP contribution is 2.20. The Kier molecular flexibility index (Phi) is 7.47. The summed E-state index contributed by atoms with van der Waals surface area (Å²) in [4.78, 5) is 37.5. The molecular formula is C24H31N3O4Si. The predicted molar refractivity (Wildman–Crippen MR) is 127 cm³/mol. The van der Waals surface area contributed by atoms with Crippen LogP contribution in [0.5, 0.6) is 0 Å². The Bertz CT molecular complexity index is 968. The molecule has 7 nitrogen and oxygen atoms in total. The summed E-state index contributed by atoms with van der Waals surface area (Å²) in [7, 11) is 0.181. The van der Waals surface area contributed by atoms with Gasteiger partial charge in [0, 0.05) is 25.8 Å². The van der Waals surface area contributed by atoms with Crippen molar-refractivity contribution in [3.8, 4) is 0 Å². The van der Waals surface area contributed by atoms with Gasteiger partial charge in [-0.25, -0.2) is 0 Å². The molecule has 0 saturated carbocycles. The molecule has 2 aromatic rings. The van der Waals surface area contributed by atoms with Crippen LogP contribution < -0.4 is 21.1 Å². The summed E-state index contributed by atoms with van der Waals surface area (Å²) in [6, 6.07) is 14.4. The molecule has 3 amide bonds. The number of amides is 3. The molecule has 1 aliphatic rings. The molecule has 1 fully saturated rings. The SMILES string of the molecule is COCc1ccc(C(NC(=O)C2CNC(=O)C2)C(=O)Nc2ccc([Si](C)(C)C)cc2)cc1. The molecule has 8 heteroatoms. The van der Waals surface area contributed by atoms with Crippen LogP contribution in [-0.4, -0.2) is 39.4 Å². The smallest absolute Gasteiger partial charge is 0.251 e. The minimum atomic E-state index is -1.44. The van der Waals surface area contributed by atoms with Crippen molar-refractivity contribution in [2.45, 2.75) is 38.7 Å². The Morgan fingerprint density at radius 2 is 1.75 bits per heavy atom. The summed E-state index contributed by atoms with van der Waals surface area (Å²) in [5.74, 6) is -1.30. The van der Waals surface area contributed by atoms with E-state index in [2.05, 4.69) is 35.6 Å². The maximum absolute atomic E-state index is 13.2. The molecule has 2 unspecified atom stereocenters. The number of carbonyl (C=O) groups is 3. The third-order valence-electron chi connectivity index (χ3n) is 5.54. The first-order chi connectivity index (χ1) is 15.2. The quantitative estimate of drug-likeness (QED) is 0.535. The molecule has 0 bridgehead atoms. The van der Waals surface area contributed by atoms with Crippen LogP contribution in [0.25, 0.3) is 0 Å². The van der Waals surface area contributed by atoms with Crippen molar-refractivity contribution >= 4 is 36.7 Å². The summed E-state index contributed by atoms with van der Waals surface area (Å²) < 4.78 is 5.15. The maximum atomic E-state index is 13.2. The van der Waals surface area contributed by atoms with Crippen LogP contribution >= 0.6 is 0 Å². The van der Waals surface area contributed by atoms with E-state index in [0.29, 0.717) is 17.9 Å². The highest BCUT2D eigenvalue weighted by Gasteiger charge is 2.31. The van der Waals surface area contributed by atoms with Gasteiger partial charge in [-0.3, -0.25) is 14.4 Å². The molecule has 1 saturated heterocycles. The topological polar surface area (TPSA) is 96.5 Å². The second kappa shape index (κ2) is 10.1. The Morgan fingerprint density at radius 3 is 2.28 bits per heavy atom. The van der Waals surface area contributed by atoms with E-state index >= 15 is 0 Å². The minimum Gasteiger partial charge on any atom is -0.380 e. The molecule has 1 heterocycles. The van der Waals surface area contributed by atoms with Crippen LogP contribution in [0.3, 0.4) is 0 Å². The zero-order valence-corrected chi connectivity index (χ0v) is 20.0. The number of hydrogen-bond donors (Lipinski definition) is 3. The third-order valence-corrected chi connectivity index (χ3v) is 7.60. The number of anilines is 1. The van der Waals surface area contributed by atoms with E-state index in [1.165, 1.54) is 5.19 Å². The fraction of sp³-hybridized carbons (Fsp3) is 0.375. The van der Waals surface area contributed by atoms with Crippen LogP contribution in [0.2, 0.25) is 19.6 Å². The van der Waals surface area contributed by atoms with E-state index in [-0.39, 0.29) is 30.7 Å². The Hall–Kier alpha value is -2.97. The molecular weight excluding hydrogens is 422 g/mol. The van der Waals surface area contributed by atoms with Crippen molar-refractivity contribution in [1.29, 1.82) is 0 Å². The number of benzene rings is 2. The first-order valence-corrected chi connectivity index (χ1v) is 14.2. The first-order valence-electron chi connectivity index (χ1n) is 10.7. The van der Waals surface area contributed by atoms with Gasteiger partial charge in [0.2, 0.25) is 11.8 Å². The predicted octanol–water partition coefficient (Wildman–Crippen LogP) is 2.31. The van der Waals surface area contributed by atoms with Gasteiger partial charge in [-0.1, -0.05) is 61.2 Å². The summed E-state index contributed by atoms with van der Waals surface area (Å²) in [5.41, 5.74) is 2.30. The number of hydrogen-bond acceptors (Lipinski definition) is 4. The maximum Gasteiger partial charge on any atom is 0.251 e. The lowest BCUT2D eigenvalue weighted by Crippen LogP contribution is -2.40. The highest BCUT2D eigenvalue weighted by atomic mass is 28.3. The summed E-state index contributed by atoms with van der Waals surface area (Å²) in [6.07, 6.45) is 0.130. The summed E-state index contributed by atoms with van der Waals surface area (Å²) >= 11 is 0. The molecule has 3 rings (SSSR count). The van der Waals surface area contributed by atoms with Crippen LogP contribution in [-0.2, 0) is 25.7 Å². The van der Waals surface area contributed by atoms with E-state index < -0.39 is 20.0 Å². The lowest BCUT2D eigenvalue weighted by atomic mass is 10.0. The molecule has 1 aliphatic heterocycles. The lowest BCUT2D eigenvalue weighted by Gasteiger charge is -2.21. The Morgan fingerprint density at radius 1 is 1.09 bits per heavy atom. The van der Waals surface area contributed by atoms with Crippen molar-refractivity contribution in [3.63, 3.8) is 0 Å². The summed E-state index contributed by atoms with van der Waals surface area (Å²) in [6.45, 7) is 7.54. The van der Waals surface area contributed by atoms with E-state index in [4.69, 9.17) is 4.74 Å². The molecule has 0 radical (unpaired) electrons. The van der Waals surface area contributed by atoms with Crippen LogP contribution in [0.15, 0.2) is 48.5 Å². The van der Waals surface area contributed by atoms with E-state index in [1.807, 2.05) is 48.5 Å². The lowest BCUT2D eigenvalue weighted by molar-refractivity contribution is -0.129. The van der Waals surface area contributed by atoms with Crippen LogP contribution in [0.1, 0.15) is 23.6 Å². The number of ether oxygens (including phenoxy) is 1. The molecule has 0 aromatic heterocycles. The molecule has 3 N–H and O–H groups in total. The summed E-state index contributed by atoms with van der Waals surface area (Å²) in [5, 5.41) is 9.71. The van der Waals surface area contributed by atoms with Gasteiger partial charge in [-0.2, -0.15) is 0 Å². The van der Waals surface area contributed by atoms with Crippen molar-refractivity contribution in [2.75, 3.05) is 19.0 Å². The molecule has 0 spiro atoms.